The van der Waals surface area contributed by atoms with Crippen LogP contribution in [0.15, 0.2) is 42.0 Å². The molecular formula is C20H19NO6. The number of aromatic hydroxyl groups is 2. The van der Waals surface area contributed by atoms with Gasteiger partial charge in [0.15, 0.2) is 11.8 Å². The van der Waals surface area contributed by atoms with Crippen LogP contribution >= 0.6 is 0 Å². The third-order valence-electron chi connectivity index (χ3n) is 4.50. The first-order valence-electron chi connectivity index (χ1n) is 8.31. The second kappa shape index (κ2) is 7.41. The SMILES string of the molecule is COC(=O)c1ccc(C=C(Cn2c(O)c3c(c2O)CC=CC3)C(=O)O)cc1. The van der Waals surface area contributed by atoms with Crippen molar-refractivity contribution in [1.82, 2.24) is 4.57 Å². The van der Waals surface area contributed by atoms with Crippen LogP contribution < -0.4 is 0 Å². The quantitative estimate of drug-likeness (QED) is 0.424. The number of esters is 1. The van der Waals surface area contributed by atoms with Crippen LogP contribution in [0.25, 0.3) is 6.08 Å². The van der Waals surface area contributed by atoms with E-state index in [1.165, 1.54) is 29.9 Å². The lowest BCUT2D eigenvalue weighted by Gasteiger charge is -2.08. The number of ether oxygens (including phenoxy) is 1. The molecule has 0 saturated carbocycles. The summed E-state index contributed by atoms with van der Waals surface area (Å²) in [5.74, 6) is -1.90. The molecule has 1 aromatic carbocycles. The smallest absolute Gasteiger partial charge is 0.337 e. The summed E-state index contributed by atoms with van der Waals surface area (Å²) in [5, 5.41) is 30.3. The first-order chi connectivity index (χ1) is 12.9. The van der Waals surface area contributed by atoms with Gasteiger partial charge in [0.2, 0.25) is 0 Å². The lowest BCUT2D eigenvalue weighted by molar-refractivity contribution is -0.132. The van der Waals surface area contributed by atoms with Gasteiger partial charge in [0.25, 0.3) is 0 Å². The average molecular weight is 369 g/mol. The van der Waals surface area contributed by atoms with Crippen molar-refractivity contribution in [1.29, 1.82) is 0 Å². The molecular weight excluding hydrogens is 350 g/mol. The van der Waals surface area contributed by atoms with Gasteiger partial charge in [0.05, 0.1) is 24.8 Å². The average Bonchev–Trinajstić information content (AvgIpc) is 2.92. The van der Waals surface area contributed by atoms with E-state index in [0.717, 1.165) is 0 Å². The Morgan fingerprint density at radius 2 is 1.63 bits per heavy atom. The Morgan fingerprint density at radius 3 is 2.11 bits per heavy atom. The summed E-state index contributed by atoms with van der Waals surface area (Å²) in [5.41, 5.74) is 2.13. The number of carboxylic acid groups (broad SMARTS) is 1. The Balaban J connectivity index is 1.91. The Hall–Kier alpha value is -3.48. The maximum absolute atomic E-state index is 11.7. The summed E-state index contributed by atoms with van der Waals surface area (Å²) < 4.78 is 5.82. The van der Waals surface area contributed by atoms with Gasteiger partial charge < -0.3 is 20.1 Å². The summed E-state index contributed by atoms with van der Waals surface area (Å²) in [4.78, 5) is 23.1. The van der Waals surface area contributed by atoms with Gasteiger partial charge in [-0.05, 0) is 36.6 Å². The number of hydrogen-bond acceptors (Lipinski definition) is 5. The number of benzene rings is 1. The first-order valence-corrected chi connectivity index (χ1v) is 8.31. The lowest BCUT2D eigenvalue weighted by Crippen LogP contribution is -2.09. The minimum Gasteiger partial charge on any atom is -0.494 e. The standard InChI is InChI=1S/C20H19NO6/c1-27-20(26)13-8-6-12(7-9-13)10-14(19(24)25)11-21-17(22)15-4-2-3-5-16(15)18(21)23/h2-3,6-10,22-23H,4-5,11H2,1H3,(H,24,25). The number of rotatable bonds is 5. The summed E-state index contributed by atoms with van der Waals surface area (Å²) in [6.45, 7) is -0.196. The van der Waals surface area contributed by atoms with E-state index in [1.807, 2.05) is 12.2 Å². The highest BCUT2D eigenvalue weighted by Gasteiger charge is 2.24. The second-order valence-electron chi connectivity index (χ2n) is 6.16. The van der Waals surface area contributed by atoms with Crippen LogP contribution in [0.1, 0.15) is 27.0 Å². The number of allylic oxidation sites excluding steroid dienone is 2. The van der Waals surface area contributed by atoms with Gasteiger partial charge in [-0.1, -0.05) is 24.3 Å². The van der Waals surface area contributed by atoms with Crippen LogP contribution in [0.3, 0.4) is 0 Å². The van der Waals surface area contributed by atoms with Gasteiger partial charge >= 0.3 is 11.9 Å². The van der Waals surface area contributed by atoms with Gasteiger partial charge in [0.1, 0.15) is 0 Å². The van der Waals surface area contributed by atoms with E-state index in [-0.39, 0.29) is 23.9 Å². The number of fused-ring (bicyclic) bond motifs is 1. The Morgan fingerprint density at radius 1 is 1.07 bits per heavy atom. The van der Waals surface area contributed by atoms with Crippen LogP contribution in [0.2, 0.25) is 0 Å². The van der Waals surface area contributed by atoms with E-state index in [2.05, 4.69) is 4.74 Å². The molecule has 0 amide bonds. The minimum atomic E-state index is -1.17. The number of aliphatic carboxylic acids is 1. The van der Waals surface area contributed by atoms with Gasteiger partial charge in [-0.2, -0.15) is 0 Å². The molecule has 0 spiro atoms. The predicted octanol–water partition coefficient (Wildman–Crippen LogP) is 2.51. The van der Waals surface area contributed by atoms with E-state index in [0.29, 0.717) is 35.1 Å². The molecule has 0 fully saturated rings. The lowest BCUT2D eigenvalue weighted by atomic mass is 10.0. The van der Waals surface area contributed by atoms with E-state index < -0.39 is 11.9 Å². The van der Waals surface area contributed by atoms with E-state index >= 15 is 0 Å². The number of carboxylic acids is 1. The van der Waals surface area contributed by atoms with Crippen LogP contribution in [0.5, 0.6) is 11.8 Å². The van der Waals surface area contributed by atoms with Crippen LogP contribution in [-0.4, -0.2) is 38.9 Å². The normalized spacial score (nSPS) is 13.3. The van der Waals surface area contributed by atoms with Crippen molar-refractivity contribution in [3.8, 4) is 11.8 Å². The fourth-order valence-electron chi connectivity index (χ4n) is 3.06. The summed E-state index contributed by atoms with van der Waals surface area (Å²) in [6, 6.07) is 6.26. The molecule has 0 aliphatic heterocycles. The number of methoxy groups -OCH3 is 1. The highest BCUT2D eigenvalue weighted by atomic mass is 16.5. The number of aromatic nitrogens is 1. The molecule has 0 unspecified atom stereocenters. The van der Waals surface area contributed by atoms with Gasteiger partial charge in [-0.15, -0.1) is 0 Å². The van der Waals surface area contributed by atoms with Crippen molar-refractivity contribution >= 4 is 18.0 Å². The van der Waals surface area contributed by atoms with Crippen LogP contribution in [0, 0.1) is 0 Å². The van der Waals surface area contributed by atoms with Gasteiger partial charge in [-0.3, -0.25) is 4.57 Å². The molecule has 0 saturated heterocycles. The topological polar surface area (TPSA) is 109 Å². The largest absolute Gasteiger partial charge is 0.494 e. The van der Waals surface area contributed by atoms with Crippen molar-refractivity contribution in [2.75, 3.05) is 7.11 Å². The van der Waals surface area contributed by atoms with Crippen molar-refractivity contribution in [2.24, 2.45) is 0 Å². The third kappa shape index (κ3) is 3.57. The molecule has 7 heteroatoms. The van der Waals surface area contributed by atoms with E-state index in [9.17, 15) is 24.9 Å². The van der Waals surface area contributed by atoms with Crippen LogP contribution in [-0.2, 0) is 28.9 Å². The highest BCUT2D eigenvalue weighted by molar-refractivity contribution is 5.93. The van der Waals surface area contributed by atoms with Crippen LogP contribution in [0.4, 0.5) is 0 Å². The molecule has 1 aliphatic carbocycles. The van der Waals surface area contributed by atoms with E-state index in [1.54, 1.807) is 12.1 Å². The van der Waals surface area contributed by atoms with Crippen molar-refractivity contribution < 1.29 is 29.6 Å². The summed E-state index contributed by atoms with van der Waals surface area (Å²) >= 11 is 0. The number of nitrogens with zero attached hydrogens (tertiary/aromatic N) is 1. The number of hydrogen-bond donors (Lipinski definition) is 3. The summed E-state index contributed by atoms with van der Waals surface area (Å²) in [6.07, 6.45) is 6.19. The Labute approximate surface area is 155 Å². The zero-order valence-electron chi connectivity index (χ0n) is 14.7. The molecule has 1 aromatic heterocycles. The molecule has 2 aromatic rings. The zero-order valence-corrected chi connectivity index (χ0v) is 14.7. The van der Waals surface area contributed by atoms with Gasteiger partial charge in [0, 0.05) is 11.1 Å². The molecule has 140 valence electrons. The molecule has 3 rings (SSSR count). The zero-order chi connectivity index (χ0) is 19.6. The fraction of sp³-hybridized carbons (Fsp3) is 0.200. The fourth-order valence-corrected chi connectivity index (χ4v) is 3.06. The maximum atomic E-state index is 11.7. The monoisotopic (exact) mass is 369 g/mol. The minimum absolute atomic E-state index is 0.0216. The molecule has 7 nitrogen and oxygen atoms in total. The van der Waals surface area contributed by atoms with E-state index in [4.69, 9.17) is 0 Å². The molecule has 1 heterocycles. The Bertz CT molecular complexity index is 918. The molecule has 3 N–H and O–H groups in total. The second-order valence-corrected chi connectivity index (χ2v) is 6.16. The molecule has 0 bridgehead atoms. The predicted molar refractivity (Wildman–Crippen MR) is 97.7 cm³/mol. The van der Waals surface area contributed by atoms with Crippen molar-refractivity contribution in [2.45, 2.75) is 19.4 Å². The molecule has 27 heavy (non-hydrogen) atoms. The Kier molecular flexibility index (Phi) is 5.03. The third-order valence-corrected chi connectivity index (χ3v) is 4.50. The van der Waals surface area contributed by atoms with Crippen molar-refractivity contribution in [3.05, 3.63) is 64.2 Å². The molecule has 0 atom stereocenters. The maximum Gasteiger partial charge on any atom is 0.337 e. The number of carbonyl (C=O) groups is 2. The number of carbonyl (C=O) groups excluding carboxylic acids is 1. The molecule has 1 aliphatic rings. The highest BCUT2D eigenvalue weighted by Crippen LogP contribution is 2.37. The first kappa shape index (κ1) is 18.3. The van der Waals surface area contributed by atoms with Crippen molar-refractivity contribution in [3.63, 3.8) is 0 Å². The van der Waals surface area contributed by atoms with Gasteiger partial charge in [-0.25, -0.2) is 9.59 Å². The summed E-state index contributed by atoms with van der Waals surface area (Å²) in [7, 11) is 1.28. The molecule has 0 radical (unpaired) electrons.